The van der Waals surface area contributed by atoms with Crippen LogP contribution in [0.1, 0.15) is 56.6 Å². The normalized spacial score (nSPS) is 30.5. The molecule has 13 heavy (non-hydrogen) atoms. The van der Waals surface area contributed by atoms with Gasteiger partial charge < -0.3 is 0 Å². The lowest BCUT2D eigenvalue weighted by Gasteiger charge is -1.97. The minimum absolute atomic E-state index is 0.459. The number of H-pyrrole nitrogens is 1. The van der Waals surface area contributed by atoms with E-state index < -0.39 is 0 Å². The van der Waals surface area contributed by atoms with Crippen LogP contribution in [0.3, 0.4) is 0 Å². The van der Waals surface area contributed by atoms with E-state index in [-0.39, 0.29) is 0 Å². The molecule has 2 fully saturated rings. The summed E-state index contributed by atoms with van der Waals surface area (Å²) in [5.41, 5.74) is 0.459. The number of nitrogens with one attached hydrogen (secondary N) is 1. The molecular formula is C10H15N3. The molecule has 1 unspecified atom stereocenters. The van der Waals surface area contributed by atoms with Gasteiger partial charge in [0.15, 0.2) is 5.82 Å². The minimum atomic E-state index is 0.459. The fraction of sp³-hybridized carbons (Fsp3) is 0.800. The van der Waals surface area contributed by atoms with Gasteiger partial charge in [-0.1, -0.05) is 13.8 Å². The first-order valence-corrected chi connectivity index (χ1v) is 5.09. The van der Waals surface area contributed by atoms with Crippen LogP contribution >= 0.6 is 0 Å². The van der Waals surface area contributed by atoms with Gasteiger partial charge in [-0.2, -0.15) is 5.10 Å². The molecule has 0 aromatic carbocycles. The van der Waals surface area contributed by atoms with Gasteiger partial charge in [0.1, 0.15) is 5.82 Å². The number of rotatable bonds is 2. The molecule has 1 atom stereocenters. The fourth-order valence-electron chi connectivity index (χ4n) is 1.90. The van der Waals surface area contributed by atoms with Crippen LogP contribution in [0.15, 0.2) is 0 Å². The van der Waals surface area contributed by atoms with Gasteiger partial charge in [0.2, 0.25) is 0 Å². The molecule has 0 amide bonds. The summed E-state index contributed by atoms with van der Waals surface area (Å²) < 4.78 is 0. The highest BCUT2D eigenvalue weighted by molar-refractivity contribution is 5.17. The van der Waals surface area contributed by atoms with Crippen LogP contribution in [0, 0.1) is 5.41 Å². The van der Waals surface area contributed by atoms with Crippen LogP contribution in [0.4, 0.5) is 0 Å². The molecule has 1 aromatic rings. The summed E-state index contributed by atoms with van der Waals surface area (Å²) in [7, 11) is 0. The van der Waals surface area contributed by atoms with Crippen LogP contribution in [-0.2, 0) is 0 Å². The lowest BCUT2D eigenvalue weighted by molar-refractivity contribution is 0.609. The van der Waals surface area contributed by atoms with Crippen molar-refractivity contribution in [2.45, 2.75) is 44.9 Å². The van der Waals surface area contributed by atoms with E-state index in [1.54, 1.807) is 0 Å². The Kier molecular flexibility index (Phi) is 1.24. The molecule has 3 rings (SSSR count). The second kappa shape index (κ2) is 2.14. The topological polar surface area (TPSA) is 41.6 Å². The highest BCUT2D eigenvalue weighted by atomic mass is 15.2. The van der Waals surface area contributed by atoms with Crippen LogP contribution in [0.25, 0.3) is 0 Å². The third kappa shape index (κ3) is 1.18. The molecule has 1 N–H and O–H groups in total. The highest BCUT2D eigenvalue weighted by Gasteiger charge is 2.49. The Balaban J connectivity index is 1.82. The molecule has 2 saturated carbocycles. The van der Waals surface area contributed by atoms with E-state index in [9.17, 15) is 0 Å². The number of aromatic amines is 1. The van der Waals surface area contributed by atoms with Gasteiger partial charge in [-0.3, -0.25) is 5.10 Å². The van der Waals surface area contributed by atoms with Crippen molar-refractivity contribution in [2.24, 2.45) is 5.41 Å². The average molecular weight is 177 g/mol. The predicted octanol–water partition coefficient (Wildman–Crippen LogP) is 2.20. The summed E-state index contributed by atoms with van der Waals surface area (Å²) in [5.74, 6) is 3.48. The molecule has 2 aliphatic carbocycles. The van der Waals surface area contributed by atoms with Crippen LogP contribution in [-0.4, -0.2) is 15.2 Å². The molecule has 0 radical (unpaired) electrons. The van der Waals surface area contributed by atoms with Crippen molar-refractivity contribution >= 4 is 0 Å². The van der Waals surface area contributed by atoms with E-state index in [1.807, 2.05) is 0 Å². The second-order valence-corrected chi connectivity index (χ2v) is 5.10. The minimum Gasteiger partial charge on any atom is -0.263 e. The van der Waals surface area contributed by atoms with Crippen LogP contribution in [0.5, 0.6) is 0 Å². The van der Waals surface area contributed by atoms with Crippen molar-refractivity contribution in [3.63, 3.8) is 0 Å². The Hall–Kier alpha value is -0.860. The van der Waals surface area contributed by atoms with Gasteiger partial charge in [-0.05, 0) is 24.7 Å². The quantitative estimate of drug-likeness (QED) is 0.752. The average Bonchev–Trinajstić information content (AvgIpc) is 2.95. The van der Waals surface area contributed by atoms with Crippen molar-refractivity contribution in [1.29, 1.82) is 0 Å². The maximum atomic E-state index is 4.56. The largest absolute Gasteiger partial charge is 0.263 e. The Morgan fingerprint density at radius 2 is 2.08 bits per heavy atom. The lowest BCUT2D eigenvalue weighted by Crippen LogP contribution is -1.92. The van der Waals surface area contributed by atoms with Crippen molar-refractivity contribution in [3.05, 3.63) is 11.6 Å². The summed E-state index contributed by atoms with van der Waals surface area (Å²) in [5, 5.41) is 7.35. The van der Waals surface area contributed by atoms with E-state index >= 15 is 0 Å². The van der Waals surface area contributed by atoms with E-state index in [0.29, 0.717) is 17.3 Å². The molecule has 0 saturated heterocycles. The lowest BCUT2D eigenvalue weighted by atomic mass is 10.1. The maximum Gasteiger partial charge on any atom is 0.153 e. The number of hydrogen-bond donors (Lipinski definition) is 1. The van der Waals surface area contributed by atoms with Crippen LogP contribution in [0.2, 0.25) is 0 Å². The van der Waals surface area contributed by atoms with Gasteiger partial charge in [-0.25, -0.2) is 4.98 Å². The Morgan fingerprint density at radius 3 is 2.62 bits per heavy atom. The molecule has 70 valence electrons. The zero-order chi connectivity index (χ0) is 9.05. The van der Waals surface area contributed by atoms with E-state index in [1.165, 1.54) is 19.3 Å². The summed E-state index contributed by atoms with van der Waals surface area (Å²) in [6.45, 7) is 4.58. The van der Waals surface area contributed by atoms with Gasteiger partial charge in [-0.15, -0.1) is 0 Å². The highest BCUT2D eigenvalue weighted by Crippen LogP contribution is 2.57. The monoisotopic (exact) mass is 177 g/mol. The van der Waals surface area contributed by atoms with Gasteiger partial charge >= 0.3 is 0 Å². The van der Waals surface area contributed by atoms with Crippen LogP contribution < -0.4 is 0 Å². The smallest absolute Gasteiger partial charge is 0.153 e. The van der Waals surface area contributed by atoms with Gasteiger partial charge in [0.05, 0.1) is 0 Å². The second-order valence-electron chi connectivity index (χ2n) is 5.10. The van der Waals surface area contributed by atoms with Crippen molar-refractivity contribution in [1.82, 2.24) is 15.2 Å². The van der Waals surface area contributed by atoms with Crippen molar-refractivity contribution in [3.8, 4) is 0 Å². The summed E-state index contributed by atoms with van der Waals surface area (Å²) in [4.78, 5) is 4.56. The third-order valence-electron chi connectivity index (χ3n) is 3.31. The summed E-state index contributed by atoms with van der Waals surface area (Å²) >= 11 is 0. The Morgan fingerprint density at radius 1 is 1.38 bits per heavy atom. The van der Waals surface area contributed by atoms with E-state index in [0.717, 1.165) is 11.6 Å². The number of nitrogens with zero attached hydrogens (tertiary/aromatic N) is 2. The fourth-order valence-corrected chi connectivity index (χ4v) is 1.90. The zero-order valence-corrected chi connectivity index (χ0v) is 8.17. The summed E-state index contributed by atoms with van der Waals surface area (Å²) in [6.07, 6.45) is 3.82. The molecule has 1 heterocycles. The summed E-state index contributed by atoms with van der Waals surface area (Å²) in [6, 6.07) is 0. The molecule has 3 nitrogen and oxygen atoms in total. The molecule has 2 aliphatic rings. The standard InChI is InChI=1S/C10H15N3/c1-10(2)5-7(10)9-11-8(12-13-9)6-3-4-6/h6-7H,3-5H2,1-2H3,(H,11,12,13). The van der Waals surface area contributed by atoms with Crippen molar-refractivity contribution in [2.75, 3.05) is 0 Å². The molecule has 0 bridgehead atoms. The predicted molar refractivity (Wildman–Crippen MR) is 49.5 cm³/mol. The first kappa shape index (κ1) is 7.54. The van der Waals surface area contributed by atoms with Gasteiger partial charge in [0, 0.05) is 11.8 Å². The van der Waals surface area contributed by atoms with Gasteiger partial charge in [0.25, 0.3) is 0 Å². The molecular weight excluding hydrogens is 162 g/mol. The Labute approximate surface area is 78.0 Å². The molecule has 0 spiro atoms. The first-order chi connectivity index (χ1) is 6.17. The third-order valence-corrected chi connectivity index (χ3v) is 3.31. The molecule has 1 aromatic heterocycles. The number of hydrogen-bond acceptors (Lipinski definition) is 2. The number of aromatic nitrogens is 3. The zero-order valence-electron chi connectivity index (χ0n) is 8.17. The Bertz CT molecular complexity index is 336. The SMILES string of the molecule is CC1(C)CC1c1nc(C2CC2)n[nH]1. The molecule has 3 heteroatoms. The van der Waals surface area contributed by atoms with E-state index in [2.05, 4.69) is 29.0 Å². The maximum absolute atomic E-state index is 4.56. The first-order valence-electron chi connectivity index (χ1n) is 5.09. The van der Waals surface area contributed by atoms with E-state index in [4.69, 9.17) is 0 Å². The van der Waals surface area contributed by atoms with Crippen molar-refractivity contribution < 1.29 is 0 Å². The molecule has 0 aliphatic heterocycles.